The van der Waals surface area contributed by atoms with Crippen molar-refractivity contribution in [1.82, 2.24) is 0 Å². The molecular weight excluding hydrogens is 292 g/mol. The summed E-state index contributed by atoms with van der Waals surface area (Å²) >= 11 is 0. The van der Waals surface area contributed by atoms with Gasteiger partial charge in [-0.25, -0.2) is 8.78 Å². The Bertz CT molecular complexity index is 772. The lowest BCUT2D eigenvalue weighted by molar-refractivity contribution is -0.384. The Kier molecular flexibility index (Phi) is 4.32. The van der Waals surface area contributed by atoms with E-state index < -0.39 is 22.6 Å². The van der Waals surface area contributed by atoms with Gasteiger partial charge in [-0.05, 0) is 19.1 Å². The molecule has 1 atom stereocenters. The highest BCUT2D eigenvalue weighted by Crippen LogP contribution is 2.27. The largest absolute Gasteiger partial charge is 0.377 e. The van der Waals surface area contributed by atoms with Crippen LogP contribution in [0, 0.1) is 33.1 Å². The first-order valence-electron chi connectivity index (χ1n) is 6.32. The molecule has 2 rings (SSSR count). The van der Waals surface area contributed by atoms with E-state index in [1.165, 1.54) is 18.2 Å². The van der Waals surface area contributed by atoms with E-state index in [1.54, 1.807) is 6.92 Å². The minimum Gasteiger partial charge on any atom is -0.377 e. The number of hydrogen-bond donors (Lipinski definition) is 1. The van der Waals surface area contributed by atoms with Crippen LogP contribution in [0.3, 0.4) is 0 Å². The highest BCUT2D eigenvalue weighted by Gasteiger charge is 2.15. The molecule has 0 unspecified atom stereocenters. The van der Waals surface area contributed by atoms with Crippen LogP contribution >= 0.6 is 0 Å². The molecule has 112 valence electrons. The van der Waals surface area contributed by atoms with Gasteiger partial charge in [0.05, 0.1) is 22.2 Å². The molecule has 0 spiro atoms. The molecule has 0 aliphatic heterocycles. The van der Waals surface area contributed by atoms with Crippen molar-refractivity contribution < 1.29 is 13.7 Å². The second-order valence-electron chi connectivity index (χ2n) is 4.63. The molecule has 0 heterocycles. The summed E-state index contributed by atoms with van der Waals surface area (Å²) in [4.78, 5) is 10.1. The van der Waals surface area contributed by atoms with Crippen LogP contribution in [0.1, 0.15) is 24.1 Å². The van der Waals surface area contributed by atoms with Crippen LogP contribution in [0.2, 0.25) is 0 Å². The summed E-state index contributed by atoms with van der Waals surface area (Å²) in [7, 11) is 0. The lowest BCUT2D eigenvalue weighted by Gasteiger charge is -2.17. The van der Waals surface area contributed by atoms with Crippen LogP contribution in [-0.4, -0.2) is 4.92 Å². The maximum absolute atomic E-state index is 13.7. The van der Waals surface area contributed by atoms with E-state index in [1.807, 2.05) is 6.07 Å². The van der Waals surface area contributed by atoms with Crippen molar-refractivity contribution >= 4 is 11.4 Å². The number of nitro groups is 1. The molecule has 0 aliphatic rings. The second kappa shape index (κ2) is 6.18. The summed E-state index contributed by atoms with van der Waals surface area (Å²) in [5.41, 5.74) is 0.430. The summed E-state index contributed by atoms with van der Waals surface area (Å²) < 4.78 is 26.6. The maximum Gasteiger partial charge on any atom is 0.270 e. The zero-order valence-corrected chi connectivity index (χ0v) is 11.5. The second-order valence-corrected chi connectivity index (χ2v) is 4.63. The Morgan fingerprint density at radius 2 is 2.00 bits per heavy atom. The zero-order valence-electron chi connectivity index (χ0n) is 11.5. The van der Waals surface area contributed by atoms with Gasteiger partial charge in [0.25, 0.3) is 5.69 Å². The van der Waals surface area contributed by atoms with Crippen molar-refractivity contribution in [1.29, 1.82) is 5.26 Å². The number of halogens is 2. The topological polar surface area (TPSA) is 79.0 Å². The van der Waals surface area contributed by atoms with Crippen molar-refractivity contribution in [2.45, 2.75) is 13.0 Å². The molecule has 2 aromatic carbocycles. The van der Waals surface area contributed by atoms with Crippen LogP contribution in [0.25, 0.3) is 0 Å². The molecule has 0 saturated carbocycles. The number of nitriles is 1. The van der Waals surface area contributed by atoms with E-state index in [9.17, 15) is 18.9 Å². The number of nitrogens with one attached hydrogen (secondary N) is 1. The molecule has 2 aromatic rings. The quantitative estimate of drug-likeness (QED) is 0.686. The predicted molar refractivity (Wildman–Crippen MR) is 76.2 cm³/mol. The van der Waals surface area contributed by atoms with Gasteiger partial charge in [-0.2, -0.15) is 5.26 Å². The first kappa shape index (κ1) is 15.4. The van der Waals surface area contributed by atoms with Gasteiger partial charge in [-0.15, -0.1) is 0 Å². The number of anilines is 1. The monoisotopic (exact) mass is 303 g/mol. The van der Waals surface area contributed by atoms with Gasteiger partial charge in [0.2, 0.25) is 0 Å². The fourth-order valence-corrected chi connectivity index (χ4v) is 2.03. The standard InChI is InChI=1S/C15H11F2N3O2/c1-9(13-4-2-11(16)7-14(13)17)19-15-5-3-12(20(21)22)6-10(15)8-18/h2-7,9,19H,1H3/t9-/m0/s1. The van der Waals surface area contributed by atoms with Crippen molar-refractivity contribution in [2.75, 3.05) is 5.32 Å². The number of nitrogens with zero attached hydrogens (tertiary/aromatic N) is 2. The normalized spacial score (nSPS) is 11.5. The first-order valence-corrected chi connectivity index (χ1v) is 6.32. The fraction of sp³-hybridized carbons (Fsp3) is 0.133. The maximum atomic E-state index is 13.7. The minimum absolute atomic E-state index is 0.0727. The highest BCUT2D eigenvalue weighted by molar-refractivity contribution is 5.62. The summed E-state index contributed by atoms with van der Waals surface area (Å²) in [6.07, 6.45) is 0. The highest BCUT2D eigenvalue weighted by atomic mass is 19.1. The third kappa shape index (κ3) is 3.17. The van der Waals surface area contributed by atoms with E-state index in [0.717, 1.165) is 18.2 Å². The molecule has 0 saturated heterocycles. The van der Waals surface area contributed by atoms with Crippen molar-refractivity contribution in [2.24, 2.45) is 0 Å². The molecule has 0 bridgehead atoms. The van der Waals surface area contributed by atoms with Crippen LogP contribution < -0.4 is 5.32 Å². The third-order valence-electron chi connectivity index (χ3n) is 3.14. The third-order valence-corrected chi connectivity index (χ3v) is 3.14. The molecule has 0 radical (unpaired) electrons. The molecular formula is C15H11F2N3O2. The molecule has 1 N–H and O–H groups in total. The van der Waals surface area contributed by atoms with Crippen molar-refractivity contribution in [3.05, 3.63) is 69.3 Å². The summed E-state index contributed by atoms with van der Waals surface area (Å²) in [6, 6.07) is 8.28. The molecule has 22 heavy (non-hydrogen) atoms. The molecule has 0 fully saturated rings. The van der Waals surface area contributed by atoms with Crippen LogP contribution in [-0.2, 0) is 0 Å². The SMILES string of the molecule is C[C@H](Nc1ccc([N+](=O)[O-])cc1C#N)c1ccc(F)cc1F. The van der Waals surface area contributed by atoms with Gasteiger partial charge in [0.15, 0.2) is 0 Å². The van der Waals surface area contributed by atoms with E-state index in [0.29, 0.717) is 5.69 Å². The number of benzene rings is 2. The average Bonchev–Trinajstić information content (AvgIpc) is 2.47. The van der Waals surface area contributed by atoms with E-state index in [4.69, 9.17) is 5.26 Å². The predicted octanol–water partition coefficient (Wildman–Crippen LogP) is 3.92. The van der Waals surface area contributed by atoms with Crippen LogP contribution in [0.15, 0.2) is 36.4 Å². The minimum atomic E-state index is -0.708. The first-order chi connectivity index (χ1) is 10.4. The van der Waals surface area contributed by atoms with Gasteiger partial charge in [0.1, 0.15) is 17.7 Å². The summed E-state index contributed by atoms with van der Waals surface area (Å²) in [6.45, 7) is 1.64. The molecule has 7 heteroatoms. The van der Waals surface area contributed by atoms with Gasteiger partial charge < -0.3 is 5.32 Å². The smallest absolute Gasteiger partial charge is 0.270 e. The van der Waals surface area contributed by atoms with Gasteiger partial charge >= 0.3 is 0 Å². The van der Waals surface area contributed by atoms with Crippen molar-refractivity contribution in [3.63, 3.8) is 0 Å². The van der Waals surface area contributed by atoms with Gasteiger partial charge in [-0.1, -0.05) is 6.07 Å². The molecule has 5 nitrogen and oxygen atoms in total. The lowest BCUT2D eigenvalue weighted by Crippen LogP contribution is -2.10. The van der Waals surface area contributed by atoms with Crippen molar-refractivity contribution in [3.8, 4) is 6.07 Å². The number of non-ortho nitro benzene ring substituents is 1. The Morgan fingerprint density at radius 1 is 1.27 bits per heavy atom. The zero-order chi connectivity index (χ0) is 16.3. The van der Waals surface area contributed by atoms with Crippen LogP contribution in [0.5, 0.6) is 0 Å². The number of hydrogen-bond acceptors (Lipinski definition) is 4. The van der Waals surface area contributed by atoms with Gasteiger partial charge in [-0.3, -0.25) is 10.1 Å². The van der Waals surface area contributed by atoms with Crippen LogP contribution in [0.4, 0.5) is 20.2 Å². The molecule has 0 amide bonds. The fourth-order valence-electron chi connectivity index (χ4n) is 2.03. The number of rotatable bonds is 4. The molecule has 0 aromatic heterocycles. The van der Waals surface area contributed by atoms with E-state index in [2.05, 4.69) is 5.32 Å². The Labute approximate surface area is 125 Å². The lowest BCUT2D eigenvalue weighted by atomic mass is 10.1. The Hall–Kier alpha value is -3.01. The summed E-state index contributed by atoms with van der Waals surface area (Å²) in [5, 5.41) is 22.7. The summed E-state index contributed by atoms with van der Waals surface area (Å²) in [5.74, 6) is -1.39. The Balaban J connectivity index is 2.30. The number of nitro benzene ring substituents is 1. The van der Waals surface area contributed by atoms with E-state index >= 15 is 0 Å². The van der Waals surface area contributed by atoms with E-state index in [-0.39, 0.29) is 16.8 Å². The Morgan fingerprint density at radius 3 is 2.59 bits per heavy atom. The molecule has 0 aliphatic carbocycles. The van der Waals surface area contributed by atoms with Gasteiger partial charge in [0, 0.05) is 23.8 Å². The average molecular weight is 303 g/mol.